The van der Waals surface area contributed by atoms with E-state index in [2.05, 4.69) is 55.4 Å². The lowest BCUT2D eigenvalue weighted by Gasteiger charge is -2.21. The van der Waals surface area contributed by atoms with Gasteiger partial charge in [-0.3, -0.25) is 37.3 Å². The second kappa shape index (κ2) is 64.4. The lowest BCUT2D eigenvalue weighted by molar-refractivity contribution is -0.161. The number of carbonyl (C=O) groups excluding carboxylic acids is 4. The molecule has 0 fully saturated rings. The third kappa shape index (κ3) is 66.0. The van der Waals surface area contributed by atoms with E-state index < -0.39 is 97.5 Å². The van der Waals surface area contributed by atoms with Gasteiger partial charge in [0.25, 0.3) is 0 Å². The van der Waals surface area contributed by atoms with Crippen molar-refractivity contribution < 1.29 is 80.2 Å². The molecule has 0 aliphatic heterocycles. The van der Waals surface area contributed by atoms with Crippen LogP contribution in [0.5, 0.6) is 0 Å². The molecule has 0 rings (SSSR count). The normalized spacial score (nSPS) is 14.7. The van der Waals surface area contributed by atoms with Crippen LogP contribution in [0.1, 0.15) is 376 Å². The van der Waals surface area contributed by atoms with E-state index in [0.29, 0.717) is 25.7 Å². The smallest absolute Gasteiger partial charge is 0.462 e. The van der Waals surface area contributed by atoms with Crippen LogP contribution in [-0.4, -0.2) is 96.7 Å². The Hall–Kier alpha value is -1.94. The van der Waals surface area contributed by atoms with E-state index in [1.54, 1.807) is 0 Å². The summed E-state index contributed by atoms with van der Waals surface area (Å²) in [4.78, 5) is 72.8. The lowest BCUT2D eigenvalue weighted by atomic mass is 9.99. The van der Waals surface area contributed by atoms with E-state index in [0.717, 1.165) is 114 Å². The topological polar surface area (TPSA) is 237 Å². The number of carbonyl (C=O) groups is 4. The molecule has 0 aliphatic rings. The number of rotatable bonds is 72. The summed E-state index contributed by atoms with van der Waals surface area (Å²) >= 11 is 0. The third-order valence-corrected chi connectivity index (χ3v) is 19.9. The molecule has 0 aromatic heterocycles. The van der Waals surface area contributed by atoms with Gasteiger partial charge < -0.3 is 33.8 Å². The zero-order chi connectivity index (χ0) is 69.6. The molecule has 0 amide bonds. The summed E-state index contributed by atoms with van der Waals surface area (Å²) in [6, 6.07) is 0. The van der Waals surface area contributed by atoms with Gasteiger partial charge in [-0.2, -0.15) is 0 Å². The van der Waals surface area contributed by atoms with Crippen molar-refractivity contribution >= 4 is 39.5 Å². The van der Waals surface area contributed by atoms with Gasteiger partial charge in [0.1, 0.15) is 19.3 Å². The molecule has 19 heteroatoms. The minimum atomic E-state index is -4.96. The van der Waals surface area contributed by atoms with Crippen LogP contribution < -0.4 is 0 Å². The summed E-state index contributed by atoms with van der Waals surface area (Å²) in [5.41, 5.74) is 0. The molecule has 0 aromatic carbocycles. The van der Waals surface area contributed by atoms with Gasteiger partial charge >= 0.3 is 39.5 Å². The minimum Gasteiger partial charge on any atom is -0.462 e. The quantitative estimate of drug-likeness (QED) is 0.0222. The number of aliphatic hydroxyl groups excluding tert-OH is 1. The Balaban J connectivity index is 5.25. The molecule has 0 spiro atoms. The minimum absolute atomic E-state index is 0.105. The van der Waals surface area contributed by atoms with Crippen molar-refractivity contribution in [1.82, 2.24) is 0 Å². The zero-order valence-electron chi connectivity index (χ0n) is 61.6. The van der Waals surface area contributed by atoms with Crippen LogP contribution in [0.4, 0.5) is 0 Å². The van der Waals surface area contributed by atoms with Crippen LogP contribution in [0.2, 0.25) is 0 Å². The summed E-state index contributed by atoms with van der Waals surface area (Å²) in [5, 5.41) is 10.6. The maximum atomic E-state index is 13.1. The van der Waals surface area contributed by atoms with E-state index in [1.165, 1.54) is 180 Å². The fourth-order valence-electron chi connectivity index (χ4n) is 11.3. The van der Waals surface area contributed by atoms with E-state index in [-0.39, 0.29) is 25.7 Å². The molecule has 0 aliphatic carbocycles. The van der Waals surface area contributed by atoms with Gasteiger partial charge in [0, 0.05) is 25.7 Å². The Morgan fingerprint density at radius 3 is 0.755 bits per heavy atom. The van der Waals surface area contributed by atoms with E-state index in [4.69, 9.17) is 37.0 Å². The molecule has 3 N–H and O–H groups in total. The number of hydrogen-bond donors (Lipinski definition) is 3. The van der Waals surface area contributed by atoms with Gasteiger partial charge in [0.15, 0.2) is 12.2 Å². The highest BCUT2D eigenvalue weighted by Gasteiger charge is 2.30. The summed E-state index contributed by atoms with van der Waals surface area (Å²) in [5.74, 6) is 0.978. The van der Waals surface area contributed by atoms with Gasteiger partial charge in [-0.25, -0.2) is 9.13 Å². The van der Waals surface area contributed by atoms with E-state index in [9.17, 15) is 43.2 Å². The summed E-state index contributed by atoms with van der Waals surface area (Å²) < 4.78 is 68.5. The first kappa shape index (κ1) is 92.1. The molecule has 0 radical (unpaired) electrons. The molecule has 0 aromatic rings. The number of phosphoric acid groups is 2. The van der Waals surface area contributed by atoms with Crippen molar-refractivity contribution in [1.29, 1.82) is 0 Å². The van der Waals surface area contributed by atoms with Crippen molar-refractivity contribution in [3.8, 4) is 0 Å². The van der Waals surface area contributed by atoms with Crippen LogP contribution >= 0.6 is 15.6 Å². The molecule has 94 heavy (non-hydrogen) atoms. The predicted molar refractivity (Wildman–Crippen MR) is 381 cm³/mol. The molecule has 0 saturated heterocycles. The van der Waals surface area contributed by atoms with Crippen LogP contribution in [0.3, 0.4) is 0 Å². The number of aliphatic hydroxyl groups is 1. The second-order valence-corrected chi connectivity index (χ2v) is 31.4. The van der Waals surface area contributed by atoms with Crippen LogP contribution in [-0.2, 0) is 65.4 Å². The maximum Gasteiger partial charge on any atom is 0.472 e. The fraction of sp³-hybridized carbons (Fsp3) is 0.947. The number of phosphoric ester groups is 2. The van der Waals surface area contributed by atoms with Crippen molar-refractivity contribution in [2.45, 2.75) is 395 Å². The number of unbranched alkanes of at least 4 members (excludes halogenated alkanes) is 36. The second-order valence-electron chi connectivity index (χ2n) is 28.5. The zero-order valence-corrected chi connectivity index (χ0v) is 63.4. The molecule has 0 heterocycles. The number of esters is 4. The van der Waals surface area contributed by atoms with Crippen molar-refractivity contribution in [2.24, 2.45) is 23.7 Å². The average molecular weight is 1380 g/mol. The first-order valence-corrected chi connectivity index (χ1v) is 41.8. The molecule has 0 bridgehead atoms. The molecule has 5 unspecified atom stereocenters. The first-order chi connectivity index (χ1) is 45.2. The summed E-state index contributed by atoms with van der Waals surface area (Å²) in [6.45, 7) is 14.2. The van der Waals surface area contributed by atoms with Crippen molar-refractivity contribution in [3.05, 3.63) is 0 Å². The summed E-state index contributed by atoms with van der Waals surface area (Å²) in [7, 11) is -9.91. The van der Waals surface area contributed by atoms with Crippen LogP contribution in [0.15, 0.2) is 0 Å². The van der Waals surface area contributed by atoms with Gasteiger partial charge in [-0.15, -0.1) is 0 Å². The van der Waals surface area contributed by atoms with Crippen molar-refractivity contribution in [3.63, 3.8) is 0 Å². The monoisotopic (exact) mass is 1380 g/mol. The highest BCUT2D eigenvalue weighted by atomic mass is 31.2. The molecular weight excluding hydrogens is 1230 g/mol. The Kier molecular flexibility index (Phi) is 63.1. The Morgan fingerprint density at radius 1 is 0.298 bits per heavy atom. The van der Waals surface area contributed by atoms with Gasteiger partial charge in [-0.05, 0) is 49.4 Å². The number of ether oxygens (including phenoxy) is 4. The number of hydrogen-bond acceptors (Lipinski definition) is 15. The predicted octanol–water partition coefficient (Wildman–Crippen LogP) is 21.7. The first-order valence-electron chi connectivity index (χ1n) is 38.8. The Morgan fingerprint density at radius 2 is 0.511 bits per heavy atom. The lowest BCUT2D eigenvalue weighted by Crippen LogP contribution is -2.30. The molecular formula is C75H146O17P2. The average Bonchev–Trinajstić information content (AvgIpc) is 1.36. The van der Waals surface area contributed by atoms with E-state index in [1.807, 2.05) is 0 Å². The van der Waals surface area contributed by atoms with E-state index >= 15 is 0 Å². The third-order valence-electron chi connectivity index (χ3n) is 18.0. The molecule has 17 nitrogen and oxygen atoms in total. The van der Waals surface area contributed by atoms with Crippen LogP contribution in [0, 0.1) is 23.7 Å². The Labute approximate surface area is 575 Å². The van der Waals surface area contributed by atoms with Crippen LogP contribution in [0.25, 0.3) is 0 Å². The fourth-order valence-corrected chi connectivity index (χ4v) is 12.9. The molecule has 0 saturated carbocycles. The van der Waals surface area contributed by atoms with Gasteiger partial charge in [-0.1, -0.05) is 325 Å². The largest absolute Gasteiger partial charge is 0.472 e. The molecule has 558 valence electrons. The summed E-state index contributed by atoms with van der Waals surface area (Å²) in [6.07, 6.45) is 48.5. The van der Waals surface area contributed by atoms with Gasteiger partial charge in [0.05, 0.1) is 26.4 Å². The van der Waals surface area contributed by atoms with Crippen molar-refractivity contribution in [2.75, 3.05) is 39.6 Å². The Bertz CT molecular complexity index is 1850. The molecule has 7 atom stereocenters. The van der Waals surface area contributed by atoms with Gasteiger partial charge in [0.2, 0.25) is 0 Å². The SMILES string of the molecule is CCC(C)CCCCCCCCCCCCCCCCC(=O)O[C@H](COC(=O)CCCCCCCCCCC(C)C)COP(=O)(O)OCC(O)COP(=O)(O)OC[C@@H](COC(=O)CCCCCCCCCCC(C)C)OC(=O)CCCCCCCCCCCCC(C)CC. The highest BCUT2D eigenvalue weighted by molar-refractivity contribution is 7.47. The maximum absolute atomic E-state index is 13.1. The standard InChI is InChI=1S/C75H146O17P2/c1-9-67(7)53-45-37-29-19-15-13-11-12-14-16-21-33-41-49-57-74(79)91-70(61-85-72(77)55-47-39-31-25-23-27-35-43-51-65(3)4)63-89-93(81,82)87-59-69(76)60-88-94(83,84)90-64-71(62-86-73(78)56-48-40-32-26-24-28-36-44-52-66(5)6)92-75(80)58-50-42-34-22-18-17-20-30-38-46-54-68(8)10-2/h65-71,76H,9-64H2,1-8H3,(H,81,82)(H,83,84)/t67?,68?,69?,70-,71-/m1/s1. The highest BCUT2D eigenvalue weighted by Crippen LogP contribution is 2.45.